The van der Waals surface area contributed by atoms with Crippen LogP contribution in [0.3, 0.4) is 0 Å². The molecule has 0 saturated carbocycles. The zero-order valence-corrected chi connectivity index (χ0v) is 9.97. The van der Waals surface area contributed by atoms with Gasteiger partial charge in [-0.3, -0.25) is 4.79 Å². The molecule has 0 saturated heterocycles. The fraction of sp³-hybridized carbons (Fsp3) is 0.385. The lowest BCUT2D eigenvalue weighted by Gasteiger charge is -2.15. The fourth-order valence-corrected chi connectivity index (χ4v) is 1.52. The molecular formula is C13H16O4. The third kappa shape index (κ3) is 3.59. The molecule has 0 radical (unpaired) electrons. The molecule has 0 spiro atoms. The Bertz CT molecular complexity index is 412. The molecule has 17 heavy (non-hydrogen) atoms. The molecule has 4 nitrogen and oxygen atoms in total. The second kappa shape index (κ2) is 6.03. The molecule has 0 aliphatic carbocycles. The van der Waals surface area contributed by atoms with Crippen molar-refractivity contribution in [1.29, 1.82) is 0 Å². The lowest BCUT2D eigenvalue weighted by atomic mass is 10.1. The van der Waals surface area contributed by atoms with Gasteiger partial charge in [0.15, 0.2) is 12.4 Å². The van der Waals surface area contributed by atoms with E-state index >= 15 is 0 Å². The van der Waals surface area contributed by atoms with Crippen molar-refractivity contribution in [3.05, 3.63) is 29.3 Å². The second-order valence-corrected chi connectivity index (χ2v) is 3.89. The lowest BCUT2D eigenvalue weighted by Crippen LogP contribution is -2.27. The molecule has 1 aromatic carbocycles. The summed E-state index contributed by atoms with van der Waals surface area (Å²) in [6.45, 7) is 3.74. The van der Waals surface area contributed by atoms with Crippen LogP contribution in [0.25, 0.3) is 0 Å². The first-order valence-corrected chi connectivity index (χ1v) is 5.53. The van der Waals surface area contributed by atoms with E-state index in [0.717, 1.165) is 5.56 Å². The van der Waals surface area contributed by atoms with E-state index in [1.165, 1.54) is 0 Å². The molecule has 0 fully saturated rings. The fourth-order valence-electron chi connectivity index (χ4n) is 1.52. The Kier molecular flexibility index (Phi) is 4.69. The molecule has 0 amide bonds. The number of aliphatic carboxylic acids is 1. The van der Waals surface area contributed by atoms with E-state index in [1.54, 1.807) is 18.2 Å². The highest BCUT2D eigenvalue weighted by molar-refractivity contribution is 5.80. The van der Waals surface area contributed by atoms with Crippen molar-refractivity contribution >= 4 is 12.3 Å². The predicted octanol–water partition coefficient (Wildman–Crippen LogP) is 2.44. The quantitative estimate of drug-likeness (QED) is 0.770. The third-order valence-corrected chi connectivity index (χ3v) is 2.39. The summed E-state index contributed by atoms with van der Waals surface area (Å²) in [7, 11) is 0. The van der Waals surface area contributed by atoms with Gasteiger partial charge in [-0.2, -0.15) is 0 Å². The van der Waals surface area contributed by atoms with Gasteiger partial charge in [0.2, 0.25) is 0 Å². The van der Waals surface area contributed by atoms with Crippen molar-refractivity contribution in [1.82, 2.24) is 0 Å². The smallest absolute Gasteiger partial charge is 0.344 e. The molecule has 1 unspecified atom stereocenters. The topological polar surface area (TPSA) is 63.6 Å². The average Bonchev–Trinajstić information content (AvgIpc) is 2.30. The number of hydrogen-bond acceptors (Lipinski definition) is 3. The lowest BCUT2D eigenvalue weighted by molar-refractivity contribution is -0.145. The third-order valence-electron chi connectivity index (χ3n) is 2.39. The molecule has 0 aliphatic heterocycles. The van der Waals surface area contributed by atoms with Gasteiger partial charge in [-0.15, -0.1) is 0 Å². The van der Waals surface area contributed by atoms with Crippen LogP contribution in [-0.2, 0) is 4.79 Å². The van der Waals surface area contributed by atoms with Gasteiger partial charge in [0.25, 0.3) is 0 Å². The molecule has 0 bridgehead atoms. The van der Waals surface area contributed by atoms with Crippen LogP contribution in [0.2, 0.25) is 0 Å². The van der Waals surface area contributed by atoms with Crippen molar-refractivity contribution in [3.63, 3.8) is 0 Å². The minimum atomic E-state index is -1.01. The first kappa shape index (κ1) is 13.2. The number of carboxylic acid groups (broad SMARTS) is 1. The van der Waals surface area contributed by atoms with E-state index in [2.05, 4.69) is 0 Å². The molecule has 0 heterocycles. The van der Waals surface area contributed by atoms with E-state index in [-0.39, 0.29) is 0 Å². The molecule has 0 aliphatic rings. The SMILES string of the molecule is CCCC(Oc1ccc(C)cc1C=O)C(=O)O. The minimum absolute atomic E-state index is 0.325. The number of hydrogen-bond donors (Lipinski definition) is 1. The maximum Gasteiger partial charge on any atom is 0.344 e. The van der Waals surface area contributed by atoms with E-state index < -0.39 is 12.1 Å². The summed E-state index contributed by atoms with van der Waals surface area (Å²) in [5.41, 5.74) is 1.31. The van der Waals surface area contributed by atoms with Gasteiger partial charge >= 0.3 is 5.97 Å². The number of carboxylic acids is 1. The molecular weight excluding hydrogens is 220 g/mol. The number of rotatable bonds is 6. The van der Waals surface area contributed by atoms with Crippen LogP contribution in [0.4, 0.5) is 0 Å². The number of benzene rings is 1. The number of ether oxygens (including phenoxy) is 1. The predicted molar refractivity (Wildman–Crippen MR) is 63.5 cm³/mol. The van der Waals surface area contributed by atoms with E-state index in [0.29, 0.717) is 30.4 Å². The molecule has 1 atom stereocenters. The van der Waals surface area contributed by atoms with Crippen LogP contribution in [0.15, 0.2) is 18.2 Å². The van der Waals surface area contributed by atoms with Gasteiger partial charge in [0.05, 0.1) is 5.56 Å². The normalized spacial score (nSPS) is 11.9. The van der Waals surface area contributed by atoms with Crippen molar-refractivity contribution in [2.75, 3.05) is 0 Å². The summed E-state index contributed by atoms with van der Waals surface area (Å²) in [6, 6.07) is 5.09. The van der Waals surface area contributed by atoms with Gasteiger partial charge in [-0.1, -0.05) is 25.0 Å². The Morgan fingerprint density at radius 3 is 2.76 bits per heavy atom. The van der Waals surface area contributed by atoms with Gasteiger partial charge in [-0.05, 0) is 25.5 Å². The Morgan fingerprint density at radius 2 is 2.24 bits per heavy atom. The van der Waals surface area contributed by atoms with Crippen LogP contribution >= 0.6 is 0 Å². The van der Waals surface area contributed by atoms with E-state index in [9.17, 15) is 9.59 Å². The molecule has 0 aromatic heterocycles. The maximum absolute atomic E-state index is 10.9. The van der Waals surface area contributed by atoms with Crippen LogP contribution in [-0.4, -0.2) is 23.5 Å². The largest absolute Gasteiger partial charge is 0.479 e. The zero-order valence-electron chi connectivity index (χ0n) is 9.97. The Labute approximate surface area is 100 Å². The highest BCUT2D eigenvalue weighted by Gasteiger charge is 2.19. The van der Waals surface area contributed by atoms with Crippen LogP contribution in [0.5, 0.6) is 5.75 Å². The summed E-state index contributed by atoms with van der Waals surface area (Å²) in [6.07, 6.45) is 0.898. The first-order chi connectivity index (χ1) is 8.08. The minimum Gasteiger partial charge on any atom is -0.479 e. The van der Waals surface area contributed by atoms with Gasteiger partial charge < -0.3 is 9.84 Å². The average molecular weight is 236 g/mol. The molecule has 4 heteroatoms. The Morgan fingerprint density at radius 1 is 1.53 bits per heavy atom. The van der Waals surface area contributed by atoms with Gasteiger partial charge in [0.1, 0.15) is 5.75 Å². The summed E-state index contributed by atoms with van der Waals surface area (Å²) in [4.78, 5) is 21.8. The van der Waals surface area contributed by atoms with Crippen molar-refractivity contribution in [2.24, 2.45) is 0 Å². The number of aldehydes is 1. The molecule has 1 rings (SSSR count). The Balaban J connectivity index is 2.92. The highest BCUT2D eigenvalue weighted by Crippen LogP contribution is 2.20. The van der Waals surface area contributed by atoms with Crippen LogP contribution in [0.1, 0.15) is 35.7 Å². The maximum atomic E-state index is 10.9. The molecule has 1 N–H and O–H groups in total. The summed E-state index contributed by atoms with van der Waals surface area (Å²) in [5, 5.41) is 8.97. The number of carbonyl (C=O) groups excluding carboxylic acids is 1. The molecule has 92 valence electrons. The van der Waals surface area contributed by atoms with Gasteiger partial charge in [-0.25, -0.2) is 4.79 Å². The zero-order chi connectivity index (χ0) is 12.8. The number of aryl methyl sites for hydroxylation is 1. The Hall–Kier alpha value is -1.84. The van der Waals surface area contributed by atoms with E-state index in [4.69, 9.17) is 9.84 Å². The van der Waals surface area contributed by atoms with Gasteiger partial charge in [0, 0.05) is 0 Å². The summed E-state index contributed by atoms with van der Waals surface area (Å²) in [5.74, 6) is -0.685. The van der Waals surface area contributed by atoms with Crippen LogP contribution < -0.4 is 4.74 Å². The summed E-state index contributed by atoms with van der Waals surface area (Å²) < 4.78 is 5.36. The number of carbonyl (C=O) groups is 2. The highest BCUT2D eigenvalue weighted by atomic mass is 16.5. The van der Waals surface area contributed by atoms with Crippen LogP contribution in [0, 0.1) is 6.92 Å². The van der Waals surface area contributed by atoms with Crippen molar-refractivity contribution < 1.29 is 19.4 Å². The van der Waals surface area contributed by atoms with Crippen molar-refractivity contribution in [2.45, 2.75) is 32.8 Å². The standard InChI is InChI=1S/C13H16O4/c1-3-4-12(13(15)16)17-11-6-5-9(2)7-10(11)8-14/h5-8,12H,3-4H2,1-2H3,(H,15,16). The second-order valence-electron chi connectivity index (χ2n) is 3.89. The summed E-state index contributed by atoms with van der Waals surface area (Å²) >= 11 is 0. The first-order valence-electron chi connectivity index (χ1n) is 5.53. The monoisotopic (exact) mass is 236 g/mol. The van der Waals surface area contributed by atoms with Crippen molar-refractivity contribution in [3.8, 4) is 5.75 Å². The van der Waals surface area contributed by atoms with E-state index in [1.807, 2.05) is 13.8 Å². The molecule has 1 aromatic rings.